The molecule has 5 heteroatoms. The molecule has 1 aliphatic heterocycles. The highest BCUT2D eigenvalue weighted by atomic mass is 16.4. The highest BCUT2D eigenvalue weighted by molar-refractivity contribution is 6.05. The Morgan fingerprint density at radius 2 is 2.06 bits per heavy atom. The number of aliphatic carboxylic acids is 1. The van der Waals surface area contributed by atoms with Crippen molar-refractivity contribution < 1.29 is 19.5 Å². The maximum atomic E-state index is 12.0. The van der Waals surface area contributed by atoms with Crippen molar-refractivity contribution in [2.24, 2.45) is 11.8 Å². The van der Waals surface area contributed by atoms with E-state index in [4.69, 9.17) is 5.11 Å². The van der Waals surface area contributed by atoms with Gasteiger partial charge in [-0.05, 0) is 30.2 Å². The molecule has 5 nitrogen and oxygen atoms in total. The van der Waals surface area contributed by atoms with Crippen molar-refractivity contribution in [3.8, 4) is 0 Å². The van der Waals surface area contributed by atoms with Gasteiger partial charge in [-0.25, -0.2) is 0 Å². The molecule has 1 aromatic rings. The zero-order valence-electron chi connectivity index (χ0n) is 9.47. The number of carbonyl (C=O) groups excluding carboxylic acids is 2. The lowest BCUT2D eigenvalue weighted by molar-refractivity contribution is -0.138. The topological polar surface area (TPSA) is 83.5 Å². The third kappa shape index (κ3) is 1.68. The SMILES string of the molecule is O=C1Cc2cc(C(=O)C3CC3C(=O)O)ccc2N1. The predicted molar refractivity (Wildman–Crippen MR) is 62.3 cm³/mol. The van der Waals surface area contributed by atoms with Crippen LogP contribution in [-0.2, 0) is 16.0 Å². The Kier molecular flexibility index (Phi) is 2.23. The lowest BCUT2D eigenvalue weighted by Gasteiger charge is -2.02. The summed E-state index contributed by atoms with van der Waals surface area (Å²) in [5.41, 5.74) is 2.04. The number of rotatable bonds is 3. The first kappa shape index (κ1) is 11.0. The van der Waals surface area contributed by atoms with Gasteiger partial charge in [0.25, 0.3) is 0 Å². The highest BCUT2D eigenvalue weighted by Gasteiger charge is 2.48. The van der Waals surface area contributed by atoms with Gasteiger partial charge in [-0.2, -0.15) is 0 Å². The Bertz CT molecular complexity index is 578. The predicted octanol–water partition coefficient (Wildman–Crippen LogP) is 1.08. The highest BCUT2D eigenvalue weighted by Crippen LogP contribution is 2.41. The number of fused-ring (bicyclic) bond motifs is 1. The molecule has 0 radical (unpaired) electrons. The molecule has 1 saturated carbocycles. The largest absolute Gasteiger partial charge is 0.481 e. The van der Waals surface area contributed by atoms with Gasteiger partial charge in [0.2, 0.25) is 5.91 Å². The molecule has 0 saturated heterocycles. The van der Waals surface area contributed by atoms with E-state index in [-0.39, 0.29) is 18.1 Å². The molecular formula is C13H11NO4. The minimum atomic E-state index is -0.911. The summed E-state index contributed by atoms with van der Waals surface area (Å²) in [5.74, 6) is -2.06. The molecular weight excluding hydrogens is 234 g/mol. The summed E-state index contributed by atoms with van der Waals surface area (Å²) in [6.07, 6.45) is 0.700. The first-order valence-corrected chi connectivity index (χ1v) is 5.76. The second-order valence-electron chi connectivity index (χ2n) is 4.75. The molecule has 0 spiro atoms. The van der Waals surface area contributed by atoms with E-state index in [1.54, 1.807) is 18.2 Å². The summed E-state index contributed by atoms with van der Waals surface area (Å²) in [4.78, 5) is 34.0. The van der Waals surface area contributed by atoms with E-state index in [1.165, 1.54) is 0 Å². The maximum Gasteiger partial charge on any atom is 0.307 e. The molecule has 18 heavy (non-hydrogen) atoms. The Hall–Kier alpha value is -2.17. The van der Waals surface area contributed by atoms with Crippen molar-refractivity contribution in [1.82, 2.24) is 0 Å². The molecule has 1 aliphatic carbocycles. The number of anilines is 1. The van der Waals surface area contributed by atoms with E-state index in [0.717, 1.165) is 11.3 Å². The number of nitrogens with one attached hydrogen (secondary N) is 1. The van der Waals surface area contributed by atoms with Crippen molar-refractivity contribution in [3.63, 3.8) is 0 Å². The molecule has 3 rings (SSSR count). The van der Waals surface area contributed by atoms with Crippen molar-refractivity contribution in [2.75, 3.05) is 5.32 Å². The Morgan fingerprint density at radius 1 is 1.28 bits per heavy atom. The van der Waals surface area contributed by atoms with Gasteiger partial charge < -0.3 is 10.4 Å². The maximum absolute atomic E-state index is 12.0. The lowest BCUT2D eigenvalue weighted by atomic mass is 10.0. The Labute approximate surface area is 103 Å². The van der Waals surface area contributed by atoms with Gasteiger partial charge in [-0.3, -0.25) is 14.4 Å². The minimum Gasteiger partial charge on any atom is -0.481 e. The molecule has 2 aliphatic rings. The summed E-state index contributed by atoms with van der Waals surface area (Å²) in [6.45, 7) is 0. The lowest BCUT2D eigenvalue weighted by Crippen LogP contribution is -2.08. The Morgan fingerprint density at radius 3 is 2.72 bits per heavy atom. The molecule has 2 unspecified atom stereocenters. The zero-order valence-corrected chi connectivity index (χ0v) is 9.47. The van der Waals surface area contributed by atoms with Gasteiger partial charge in [-0.15, -0.1) is 0 Å². The van der Waals surface area contributed by atoms with Gasteiger partial charge in [0.1, 0.15) is 0 Å². The average Bonchev–Trinajstić information content (AvgIpc) is 3.03. The summed E-state index contributed by atoms with van der Waals surface area (Å²) in [6, 6.07) is 5.03. The van der Waals surface area contributed by atoms with Crippen LogP contribution in [0.15, 0.2) is 18.2 Å². The van der Waals surface area contributed by atoms with Crippen molar-refractivity contribution >= 4 is 23.3 Å². The van der Waals surface area contributed by atoms with Crippen LogP contribution >= 0.6 is 0 Å². The van der Waals surface area contributed by atoms with E-state index >= 15 is 0 Å². The van der Waals surface area contributed by atoms with Crippen LogP contribution in [0.1, 0.15) is 22.3 Å². The van der Waals surface area contributed by atoms with E-state index < -0.39 is 17.8 Å². The number of amides is 1. The molecule has 2 N–H and O–H groups in total. The van der Waals surface area contributed by atoms with Crippen LogP contribution in [0.5, 0.6) is 0 Å². The van der Waals surface area contributed by atoms with E-state index in [9.17, 15) is 14.4 Å². The van der Waals surface area contributed by atoms with Gasteiger partial charge in [0.05, 0.1) is 12.3 Å². The summed E-state index contributed by atoms with van der Waals surface area (Å²) >= 11 is 0. The van der Waals surface area contributed by atoms with Gasteiger partial charge in [0, 0.05) is 17.2 Å². The van der Waals surface area contributed by atoms with Gasteiger partial charge in [-0.1, -0.05) is 0 Å². The van der Waals surface area contributed by atoms with Crippen LogP contribution in [0.2, 0.25) is 0 Å². The third-order valence-corrected chi connectivity index (χ3v) is 3.46. The molecule has 1 amide bonds. The van der Waals surface area contributed by atoms with Gasteiger partial charge >= 0.3 is 5.97 Å². The monoisotopic (exact) mass is 245 g/mol. The number of ketones is 1. The number of hydrogen-bond acceptors (Lipinski definition) is 3. The fraction of sp³-hybridized carbons (Fsp3) is 0.308. The average molecular weight is 245 g/mol. The summed E-state index contributed by atoms with van der Waals surface area (Å²) in [7, 11) is 0. The number of Topliss-reactive ketones (excluding diaryl/α,β-unsaturated/α-hetero) is 1. The zero-order chi connectivity index (χ0) is 12.9. The number of hydrogen-bond donors (Lipinski definition) is 2. The van der Waals surface area contributed by atoms with E-state index in [2.05, 4.69) is 5.32 Å². The fourth-order valence-corrected chi connectivity index (χ4v) is 2.35. The molecule has 1 heterocycles. The normalized spacial score (nSPS) is 24.3. The molecule has 0 aromatic heterocycles. The second kappa shape index (κ2) is 3.66. The Balaban J connectivity index is 1.82. The molecule has 92 valence electrons. The van der Waals surface area contributed by atoms with Crippen molar-refractivity contribution in [1.29, 1.82) is 0 Å². The number of carboxylic acid groups (broad SMARTS) is 1. The van der Waals surface area contributed by atoms with E-state index in [0.29, 0.717) is 12.0 Å². The van der Waals surface area contributed by atoms with Crippen LogP contribution in [0.4, 0.5) is 5.69 Å². The van der Waals surface area contributed by atoms with Crippen LogP contribution in [0, 0.1) is 11.8 Å². The number of carboxylic acids is 1. The van der Waals surface area contributed by atoms with Crippen molar-refractivity contribution in [3.05, 3.63) is 29.3 Å². The molecule has 1 fully saturated rings. The summed E-state index contributed by atoms with van der Waals surface area (Å²) < 4.78 is 0. The second-order valence-corrected chi connectivity index (χ2v) is 4.75. The van der Waals surface area contributed by atoms with Gasteiger partial charge in [0.15, 0.2) is 5.78 Å². The molecule has 2 atom stereocenters. The first-order valence-electron chi connectivity index (χ1n) is 5.76. The van der Waals surface area contributed by atoms with E-state index in [1.807, 2.05) is 0 Å². The number of benzene rings is 1. The quantitative estimate of drug-likeness (QED) is 0.780. The molecule has 1 aromatic carbocycles. The third-order valence-electron chi connectivity index (χ3n) is 3.46. The van der Waals surface area contributed by atoms with Crippen LogP contribution in [0.25, 0.3) is 0 Å². The van der Waals surface area contributed by atoms with Crippen LogP contribution in [-0.4, -0.2) is 22.8 Å². The fourth-order valence-electron chi connectivity index (χ4n) is 2.35. The van der Waals surface area contributed by atoms with Crippen LogP contribution in [0.3, 0.4) is 0 Å². The molecule has 0 bridgehead atoms. The van der Waals surface area contributed by atoms with Crippen LogP contribution < -0.4 is 5.32 Å². The standard InChI is InChI=1S/C13H11NO4/c15-11-4-7-3-6(1-2-10(7)14-11)12(16)8-5-9(8)13(17)18/h1-3,8-9H,4-5H2,(H,14,15)(H,17,18). The summed E-state index contributed by atoms with van der Waals surface area (Å²) in [5, 5.41) is 11.5. The number of carbonyl (C=O) groups is 3. The van der Waals surface area contributed by atoms with Crippen molar-refractivity contribution in [2.45, 2.75) is 12.8 Å². The minimum absolute atomic E-state index is 0.0792. The first-order chi connectivity index (χ1) is 8.56. The smallest absolute Gasteiger partial charge is 0.307 e.